The van der Waals surface area contributed by atoms with Crippen molar-refractivity contribution in [2.75, 3.05) is 13.2 Å². The van der Waals surface area contributed by atoms with Gasteiger partial charge in [0.05, 0.1) is 24.4 Å². The highest BCUT2D eigenvalue weighted by molar-refractivity contribution is 7.89. The number of sulfonamides is 1. The first-order valence-corrected chi connectivity index (χ1v) is 10.7. The van der Waals surface area contributed by atoms with Gasteiger partial charge in [-0.15, -0.1) is 0 Å². The maximum Gasteiger partial charge on any atom is 0.262 e. The van der Waals surface area contributed by atoms with Crippen LogP contribution in [0, 0.1) is 5.92 Å². The summed E-state index contributed by atoms with van der Waals surface area (Å²) < 4.78 is 35.0. The van der Waals surface area contributed by atoms with E-state index in [1.807, 2.05) is 6.07 Å². The summed E-state index contributed by atoms with van der Waals surface area (Å²) in [5.74, 6) is -0.659. The first kappa shape index (κ1) is 19.0. The summed E-state index contributed by atoms with van der Waals surface area (Å²) >= 11 is 0. The molecule has 0 aromatic carbocycles. The second kappa shape index (κ2) is 7.61. The first-order chi connectivity index (χ1) is 13.4. The minimum Gasteiger partial charge on any atom is -0.376 e. The van der Waals surface area contributed by atoms with E-state index in [2.05, 4.69) is 15.3 Å². The summed E-state index contributed by atoms with van der Waals surface area (Å²) in [6.45, 7) is 0.973. The van der Waals surface area contributed by atoms with Gasteiger partial charge in [0, 0.05) is 45.3 Å². The number of amides is 1. The van der Waals surface area contributed by atoms with Crippen LogP contribution >= 0.6 is 0 Å². The van der Waals surface area contributed by atoms with Crippen molar-refractivity contribution in [2.45, 2.75) is 36.6 Å². The summed E-state index contributed by atoms with van der Waals surface area (Å²) in [5, 5.41) is 2.89. The van der Waals surface area contributed by atoms with Gasteiger partial charge < -0.3 is 14.6 Å². The second-order valence-corrected chi connectivity index (χ2v) is 9.07. The maximum atomic E-state index is 13.1. The number of aromatic nitrogens is 3. The zero-order valence-electron chi connectivity index (χ0n) is 15.6. The van der Waals surface area contributed by atoms with E-state index in [9.17, 15) is 13.2 Å². The molecular formula is C18H23N5O4S. The highest BCUT2D eigenvalue weighted by Crippen LogP contribution is 2.34. The Morgan fingerprint density at radius 2 is 2.29 bits per heavy atom. The van der Waals surface area contributed by atoms with Gasteiger partial charge in [-0.25, -0.2) is 13.4 Å². The van der Waals surface area contributed by atoms with E-state index in [0.29, 0.717) is 26.0 Å². The Bertz CT molecular complexity index is 946. The van der Waals surface area contributed by atoms with Crippen molar-refractivity contribution in [3.63, 3.8) is 0 Å². The molecule has 2 saturated heterocycles. The van der Waals surface area contributed by atoms with Crippen molar-refractivity contribution in [1.82, 2.24) is 24.2 Å². The Hall–Kier alpha value is -2.30. The molecule has 2 aliphatic rings. The Kier molecular flexibility index (Phi) is 5.17. The lowest BCUT2D eigenvalue weighted by Crippen LogP contribution is -2.54. The molecule has 2 aliphatic heterocycles. The third-order valence-corrected chi connectivity index (χ3v) is 7.05. The fraction of sp³-hybridized carbons (Fsp3) is 0.500. The van der Waals surface area contributed by atoms with Gasteiger partial charge in [-0.3, -0.25) is 9.78 Å². The summed E-state index contributed by atoms with van der Waals surface area (Å²) in [4.78, 5) is 20.8. The zero-order valence-corrected chi connectivity index (χ0v) is 16.4. The minimum absolute atomic E-state index is 0.00271. The molecule has 1 N–H and O–H groups in total. The molecule has 150 valence electrons. The number of imidazole rings is 1. The number of pyridine rings is 1. The smallest absolute Gasteiger partial charge is 0.262 e. The average molecular weight is 405 g/mol. The van der Waals surface area contributed by atoms with Crippen LogP contribution in [0.15, 0.2) is 42.1 Å². The number of nitrogens with zero attached hydrogens (tertiary/aromatic N) is 4. The van der Waals surface area contributed by atoms with Gasteiger partial charge >= 0.3 is 0 Å². The highest BCUT2D eigenvalue weighted by Gasteiger charge is 2.47. The van der Waals surface area contributed by atoms with Crippen molar-refractivity contribution in [1.29, 1.82) is 0 Å². The van der Waals surface area contributed by atoms with Crippen LogP contribution in [0.3, 0.4) is 0 Å². The van der Waals surface area contributed by atoms with Gasteiger partial charge in [0.1, 0.15) is 0 Å². The van der Waals surface area contributed by atoms with Gasteiger partial charge in [-0.2, -0.15) is 4.31 Å². The standard InChI is InChI=1S/C18H23N5O4S/c1-22-11-17(21-12-22)28(25,26)23-10-14(7-16-15(23)4-6-27-16)18(24)20-9-13-3-2-5-19-8-13/h2-3,5,8,11-12,14-16H,4,6-7,9-10H2,1H3,(H,20,24)/t14-,15+,16+/m0/s1. The van der Waals surface area contributed by atoms with E-state index < -0.39 is 15.9 Å². The molecule has 0 saturated carbocycles. The molecule has 3 atom stereocenters. The van der Waals surface area contributed by atoms with Crippen molar-refractivity contribution in [3.05, 3.63) is 42.6 Å². The van der Waals surface area contributed by atoms with E-state index in [1.54, 1.807) is 30.1 Å². The lowest BCUT2D eigenvalue weighted by Gasteiger charge is -2.38. The molecule has 0 aliphatic carbocycles. The summed E-state index contributed by atoms with van der Waals surface area (Å²) in [6, 6.07) is 3.43. The van der Waals surface area contributed by atoms with E-state index >= 15 is 0 Å². The molecule has 10 heteroatoms. The molecule has 28 heavy (non-hydrogen) atoms. The fourth-order valence-electron chi connectivity index (χ4n) is 3.84. The van der Waals surface area contributed by atoms with Crippen LogP contribution in [0.5, 0.6) is 0 Å². The van der Waals surface area contributed by atoms with Crippen LogP contribution < -0.4 is 5.32 Å². The Labute approximate surface area is 163 Å². The molecule has 0 radical (unpaired) electrons. The predicted molar refractivity (Wildman–Crippen MR) is 99.4 cm³/mol. The molecule has 2 aromatic rings. The van der Waals surface area contributed by atoms with Crippen LogP contribution in [0.1, 0.15) is 18.4 Å². The van der Waals surface area contributed by atoms with Gasteiger partial charge in [-0.05, 0) is 24.5 Å². The minimum atomic E-state index is -3.80. The van der Waals surface area contributed by atoms with Gasteiger partial charge in [0.15, 0.2) is 5.03 Å². The number of piperidine rings is 1. The molecule has 0 unspecified atom stereocenters. The number of rotatable bonds is 5. The third kappa shape index (κ3) is 3.67. The van der Waals surface area contributed by atoms with Gasteiger partial charge in [-0.1, -0.05) is 6.07 Å². The molecule has 2 fully saturated rings. The number of aryl methyl sites for hydroxylation is 1. The zero-order chi connectivity index (χ0) is 19.7. The fourth-order valence-corrected chi connectivity index (χ4v) is 5.54. The van der Waals surface area contributed by atoms with Gasteiger partial charge in [0.25, 0.3) is 10.0 Å². The van der Waals surface area contributed by atoms with Crippen LogP contribution in [0.4, 0.5) is 0 Å². The van der Waals surface area contributed by atoms with Crippen molar-refractivity contribution in [2.24, 2.45) is 13.0 Å². The first-order valence-electron chi connectivity index (χ1n) is 9.23. The molecule has 0 bridgehead atoms. The van der Waals surface area contributed by atoms with Crippen molar-refractivity contribution >= 4 is 15.9 Å². The highest BCUT2D eigenvalue weighted by atomic mass is 32.2. The van der Waals surface area contributed by atoms with Crippen LogP contribution in [-0.2, 0) is 33.1 Å². The topological polar surface area (TPSA) is 106 Å². The number of carbonyl (C=O) groups is 1. The molecule has 4 rings (SSSR count). The lowest BCUT2D eigenvalue weighted by molar-refractivity contribution is -0.128. The Morgan fingerprint density at radius 1 is 1.43 bits per heavy atom. The molecule has 4 heterocycles. The predicted octanol–water partition coefficient (Wildman–Crippen LogP) is 0.300. The third-order valence-electron chi connectivity index (χ3n) is 5.28. The van der Waals surface area contributed by atoms with E-state index in [4.69, 9.17) is 4.74 Å². The Morgan fingerprint density at radius 3 is 3.00 bits per heavy atom. The largest absolute Gasteiger partial charge is 0.376 e. The Balaban J connectivity index is 1.51. The summed E-state index contributed by atoms with van der Waals surface area (Å²) in [5.41, 5.74) is 0.889. The molecule has 1 amide bonds. The number of carbonyl (C=O) groups excluding carboxylic acids is 1. The number of hydrogen-bond acceptors (Lipinski definition) is 6. The molecule has 0 spiro atoms. The maximum absolute atomic E-state index is 13.1. The quantitative estimate of drug-likeness (QED) is 0.767. The SMILES string of the molecule is Cn1cnc(S(=O)(=O)N2C[C@@H](C(=O)NCc3cccnc3)C[C@H]3OCC[C@H]32)c1. The molecule has 2 aromatic heterocycles. The lowest BCUT2D eigenvalue weighted by atomic mass is 9.91. The van der Waals surface area contributed by atoms with Crippen molar-refractivity contribution in [3.8, 4) is 0 Å². The van der Waals surface area contributed by atoms with E-state index in [1.165, 1.54) is 16.8 Å². The second-order valence-electron chi connectivity index (χ2n) is 7.23. The number of fused-ring (bicyclic) bond motifs is 1. The monoisotopic (exact) mass is 405 g/mol. The van der Waals surface area contributed by atoms with E-state index in [0.717, 1.165) is 5.56 Å². The number of hydrogen-bond donors (Lipinski definition) is 1. The van der Waals surface area contributed by atoms with Gasteiger partial charge in [0.2, 0.25) is 5.91 Å². The summed E-state index contributed by atoms with van der Waals surface area (Å²) in [6.07, 6.45) is 7.16. The normalized spacial score (nSPS) is 25.4. The van der Waals surface area contributed by atoms with Crippen molar-refractivity contribution < 1.29 is 17.9 Å². The molecule has 9 nitrogen and oxygen atoms in total. The average Bonchev–Trinajstić information content (AvgIpc) is 3.35. The van der Waals surface area contributed by atoms with Crippen LogP contribution in [0.25, 0.3) is 0 Å². The summed E-state index contributed by atoms with van der Waals surface area (Å²) in [7, 11) is -2.08. The number of nitrogens with one attached hydrogen (secondary N) is 1. The van der Waals surface area contributed by atoms with Crippen LogP contribution in [0.2, 0.25) is 0 Å². The van der Waals surface area contributed by atoms with Crippen LogP contribution in [-0.4, -0.2) is 58.5 Å². The molecular weight excluding hydrogens is 382 g/mol. The van der Waals surface area contributed by atoms with E-state index in [-0.39, 0.29) is 29.6 Å². The number of ether oxygens (including phenoxy) is 1.